The summed E-state index contributed by atoms with van der Waals surface area (Å²) >= 11 is 0. The molecule has 1 rings (SSSR count). The highest BCUT2D eigenvalue weighted by atomic mass is 16.2. The molecule has 3 nitrogen and oxygen atoms in total. The first-order valence-corrected chi connectivity index (χ1v) is 3.71. The molecule has 2 amide bonds. The number of para-hydroxylation sites is 1. The molecule has 0 saturated heterocycles. The zero-order chi connectivity index (χ0) is 8.97. The van der Waals surface area contributed by atoms with Crippen LogP contribution in [0.1, 0.15) is 0 Å². The van der Waals surface area contributed by atoms with Crippen LogP contribution in [0, 0.1) is 7.05 Å². The first kappa shape index (κ1) is 8.74. The van der Waals surface area contributed by atoms with E-state index in [9.17, 15) is 4.79 Å². The van der Waals surface area contributed by atoms with Crippen molar-refractivity contribution < 1.29 is 10.1 Å². The molecule has 2 N–H and O–H groups in total. The van der Waals surface area contributed by atoms with Crippen molar-refractivity contribution in [2.75, 3.05) is 11.9 Å². The van der Waals surface area contributed by atoms with Crippen LogP contribution in [0.15, 0.2) is 30.3 Å². The Morgan fingerprint density at radius 2 is 2.00 bits per heavy atom. The quantitative estimate of drug-likeness (QED) is 0.606. The van der Waals surface area contributed by atoms with Gasteiger partial charge in [0.05, 0.1) is 0 Å². The lowest BCUT2D eigenvalue weighted by atomic mass is 10.3. The van der Waals surface area contributed by atoms with Crippen LogP contribution in [0.3, 0.4) is 0 Å². The van der Waals surface area contributed by atoms with Gasteiger partial charge < -0.3 is 5.32 Å². The summed E-state index contributed by atoms with van der Waals surface area (Å²) in [5, 5.41) is 1.30. The van der Waals surface area contributed by atoms with Gasteiger partial charge in [-0.15, -0.1) is 7.05 Å². The van der Waals surface area contributed by atoms with Crippen molar-refractivity contribution >= 4 is 11.7 Å². The Bertz CT molecular complexity index is 258. The number of hydrogen-bond acceptors (Lipinski definition) is 1. The summed E-state index contributed by atoms with van der Waals surface area (Å²) in [5.74, 6) is 0. The zero-order valence-electron chi connectivity index (χ0n) is 7.03. The van der Waals surface area contributed by atoms with Gasteiger partial charge >= 0.3 is 6.03 Å². The molecular weight excluding hydrogens is 152 g/mol. The summed E-state index contributed by atoms with van der Waals surface area (Å²) in [6, 6.07) is 9.35. The maximum absolute atomic E-state index is 11.1. The second-order valence-electron chi connectivity index (χ2n) is 2.44. The van der Waals surface area contributed by atoms with Crippen molar-refractivity contribution in [2.24, 2.45) is 0 Å². The number of hydrogen-bond donors (Lipinski definition) is 1. The summed E-state index contributed by atoms with van der Waals surface area (Å²) in [4.78, 5) is 12.7. The molecule has 0 heterocycles. The lowest BCUT2D eigenvalue weighted by Crippen LogP contribution is -2.84. The molecule has 0 spiro atoms. The summed E-state index contributed by atoms with van der Waals surface area (Å²) in [5.41, 5.74) is 0.877. The highest BCUT2D eigenvalue weighted by Gasteiger charge is 2.08. The predicted octanol–water partition coefficient (Wildman–Crippen LogP) is 0.598. The number of carbonyl (C=O) groups excluding carboxylic acids is 1. The number of quaternary nitrogens is 1. The molecule has 1 aromatic carbocycles. The Labute approximate surface area is 72.0 Å². The summed E-state index contributed by atoms with van der Waals surface area (Å²) in [7, 11) is 5.14. The molecule has 0 aliphatic heterocycles. The molecule has 64 valence electrons. The van der Waals surface area contributed by atoms with Gasteiger partial charge in [-0.1, -0.05) is 18.2 Å². The molecule has 0 unspecified atom stereocenters. The number of urea groups is 1. The van der Waals surface area contributed by atoms with E-state index in [-0.39, 0.29) is 6.03 Å². The average molecular weight is 164 g/mol. The van der Waals surface area contributed by atoms with Crippen LogP contribution in [0.5, 0.6) is 0 Å². The third kappa shape index (κ3) is 1.83. The minimum atomic E-state index is -0.0961. The van der Waals surface area contributed by atoms with E-state index in [0.717, 1.165) is 5.69 Å². The lowest BCUT2D eigenvalue weighted by Gasteiger charge is -2.14. The van der Waals surface area contributed by atoms with Gasteiger partial charge in [-0.05, 0) is 12.1 Å². The first-order chi connectivity index (χ1) is 5.75. The van der Waals surface area contributed by atoms with E-state index >= 15 is 0 Å². The summed E-state index contributed by atoms with van der Waals surface area (Å²) in [6.45, 7) is 0. The van der Waals surface area contributed by atoms with Crippen LogP contribution in [0.4, 0.5) is 10.5 Å². The van der Waals surface area contributed by atoms with Crippen molar-refractivity contribution in [3.63, 3.8) is 0 Å². The SMILES string of the molecule is [CH2-][NH2+]C(=O)N(C)c1ccccc1. The Morgan fingerprint density at radius 1 is 1.42 bits per heavy atom. The van der Waals surface area contributed by atoms with E-state index in [4.69, 9.17) is 0 Å². The fourth-order valence-corrected chi connectivity index (χ4v) is 0.916. The van der Waals surface area contributed by atoms with E-state index in [1.54, 1.807) is 11.9 Å². The minimum absolute atomic E-state index is 0.0961. The first-order valence-electron chi connectivity index (χ1n) is 3.71. The number of carbonyl (C=O) groups is 1. The largest absolute Gasteiger partial charge is 0.394 e. The van der Waals surface area contributed by atoms with E-state index in [1.807, 2.05) is 30.3 Å². The third-order valence-corrected chi connectivity index (χ3v) is 1.65. The Kier molecular flexibility index (Phi) is 2.82. The van der Waals surface area contributed by atoms with Gasteiger partial charge in [-0.2, -0.15) is 0 Å². The fraction of sp³-hybridized carbons (Fsp3) is 0.111. The highest BCUT2D eigenvalue weighted by molar-refractivity contribution is 5.84. The number of nitrogens with two attached hydrogens (primary N) is 1. The van der Waals surface area contributed by atoms with Crippen molar-refractivity contribution in [1.29, 1.82) is 0 Å². The number of benzene rings is 1. The van der Waals surface area contributed by atoms with Gasteiger partial charge in [-0.3, -0.25) is 4.90 Å². The maximum atomic E-state index is 11.1. The van der Waals surface area contributed by atoms with Crippen molar-refractivity contribution in [2.45, 2.75) is 0 Å². The van der Waals surface area contributed by atoms with Gasteiger partial charge in [0.2, 0.25) is 0 Å². The van der Waals surface area contributed by atoms with Crippen molar-refractivity contribution in [3.05, 3.63) is 37.4 Å². The average Bonchev–Trinajstić information content (AvgIpc) is 2.17. The molecule has 3 heteroatoms. The van der Waals surface area contributed by atoms with Crippen LogP contribution < -0.4 is 10.2 Å². The third-order valence-electron chi connectivity index (χ3n) is 1.65. The smallest absolute Gasteiger partial charge is 0.393 e. The number of anilines is 1. The van der Waals surface area contributed by atoms with Crippen LogP contribution >= 0.6 is 0 Å². The monoisotopic (exact) mass is 164 g/mol. The topological polar surface area (TPSA) is 36.9 Å². The van der Waals surface area contributed by atoms with Gasteiger partial charge in [0.1, 0.15) is 0 Å². The van der Waals surface area contributed by atoms with Gasteiger partial charge in [-0.25, -0.2) is 4.79 Å². The van der Waals surface area contributed by atoms with Crippen molar-refractivity contribution in [3.8, 4) is 0 Å². The number of amides is 2. The van der Waals surface area contributed by atoms with Crippen LogP contribution in [0.25, 0.3) is 0 Å². The van der Waals surface area contributed by atoms with Crippen LogP contribution in [-0.4, -0.2) is 13.1 Å². The van der Waals surface area contributed by atoms with Crippen molar-refractivity contribution in [1.82, 2.24) is 0 Å². The molecule has 0 aromatic heterocycles. The minimum Gasteiger partial charge on any atom is -0.394 e. The lowest BCUT2D eigenvalue weighted by molar-refractivity contribution is -0.487. The Morgan fingerprint density at radius 3 is 2.50 bits per heavy atom. The fourth-order valence-electron chi connectivity index (χ4n) is 0.916. The molecule has 0 saturated carbocycles. The van der Waals surface area contributed by atoms with Gasteiger partial charge in [0.25, 0.3) is 0 Å². The zero-order valence-corrected chi connectivity index (χ0v) is 7.03. The molecule has 12 heavy (non-hydrogen) atoms. The molecule has 0 aliphatic carbocycles. The molecule has 0 atom stereocenters. The van der Waals surface area contributed by atoms with E-state index in [0.29, 0.717) is 0 Å². The predicted molar refractivity (Wildman–Crippen MR) is 47.5 cm³/mol. The second kappa shape index (κ2) is 3.88. The maximum Gasteiger partial charge on any atom is 0.393 e. The second-order valence-corrected chi connectivity index (χ2v) is 2.44. The van der Waals surface area contributed by atoms with Crippen LogP contribution in [-0.2, 0) is 0 Å². The Balaban J connectivity index is 2.78. The van der Waals surface area contributed by atoms with E-state index < -0.39 is 0 Å². The number of nitrogens with zero attached hydrogens (tertiary/aromatic N) is 1. The van der Waals surface area contributed by atoms with E-state index in [1.165, 1.54) is 5.32 Å². The summed E-state index contributed by atoms with van der Waals surface area (Å²) in [6.07, 6.45) is 0. The molecule has 0 bridgehead atoms. The van der Waals surface area contributed by atoms with E-state index in [2.05, 4.69) is 7.05 Å². The summed E-state index contributed by atoms with van der Waals surface area (Å²) < 4.78 is 0. The molecule has 0 fully saturated rings. The molecular formula is C9H12N2O. The highest BCUT2D eigenvalue weighted by Crippen LogP contribution is 2.09. The molecule has 0 aliphatic rings. The normalized spacial score (nSPS) is 9.50. The molecule has 1 aromatic rings. The standard InChI is InChI=1S/C9H12N2O/c1-10-9(12)11(2)8-6-4-3-5-7-8/h3-7H,1,10H2,2H3. The number of primary amides is 1. The number of rotatable bonds is 1. The Hall–Kier alpha value is -1.35. The van der Waals surface area contributed by atoms with Gasteiger partial charge in [0.15, 0.2) is 0 Å². The van der Waals surface area contributed by atoms with Gasteiger partial charge in [0, 0.05) is 12.7 Å². The molecule has 0 radical (unpaired) electrons. The van der Waals surface area contributed by atoms with Crippen LogP contribution in [0.2, 0.25) is 0 Å².